The van der Waals surface area contributed by atoms with Crippen molar-refractivity contribution in [3.8, 4) is 5.75 Å². The van der Waals surface area contributed by atoms with E-state index >= 15 is 0 Å². The topological polar surface area (TPSA) is 71.8 Å². The predicted octanol–water partition coefficient (Wildman–Crippen LogP) is 2.54. The molecule has 0 radical (unpaired) electrons. The number of rotatable bonds is 8. The Morgan fingerprint density at radius 2 is 2.00 bits per heavy atom. The molecule has 2 amide bonds. The van der Waals surface area contributed by atoms with E-state index in [1.54, 1.807) is 31.0 Å². The van der Waals surface area contributed by atoms with Crippen molar-refractivity contribution < 1.29 is 18.7 Å². The monoisotopic (exact) mass is 342 g/mol. The largest absolute Gasteiger partial charge is 0.490 e. The van der Waals surface area contributed by atoms with Gasteiger partial charge < -0.3 is 19.4 Å². The van der Waals surface area contributed by atoms with Gasteiger partial charge >= 0.3 is 0 Å². The molecule has 6 heteroatoms. The number of likely N-dealkylation sites (N-methyl/N-ethyl adjacent to an activating group) is 1. The molecule has 0 bridgehead atoms. The molecular formula is C19H22N2O4. The van der Waals surface area contributed by atoms with Gasteiger partial charge in [-0.1, -0.05) is 24.8 Å². The fourth-order valence-electron chi connectivity index (χ4n) is 2.21. The number of carbonyl (C=O) groups excluding carboxylic acids is 2. The van der Waals surface area contributed by atoms with Crippen molar-refractivity contribution in [3.05, 3.63) is 66.1 Å². The molecule has 0 saturated carbocycles. The molecule has 1 heterocycles. The molecule has 0 spiro atoms. The summed E-state index contributed by atoms with van der Waals surface area (Å²) in [6.07, 6.45) is 3.13. The van der Waals surface area contributed by atoms with E-state index < -0.39 is 0 Å². The standard InChI is InChI=1S/C19H22N2O4/c1-4-10-25-16-7-5-15(6-8-16)13-21(3)18(22)12-20-19(23)17-9-11-24-14(17)2/h4-9,11H,1,10,12-13H2,2-3H3,(H,20,23). The van der Waals surface area contributed by atoms with Gasteiger partial charge in [0.1, 0.15) is 18.1 Å². The van der Waals surface area contributed by atoms with E-state index in [1.807, 2.05) is 24.3 Å². The van der Waals surface area contributed by atoms with Gasteiger partial charge in [-0.15, -0.1) is 0 Å². The normalized spacial score (nSPS) is 10.2. The van der Waals surface area contributed by atoms with Crippen molar-refractivity contribution in [1.29, 1.82) is 0 Å². The highest BCUT2D eigenvalue weighted by molar-refractivity contribution is 5.97. The van der Waals surface area contributed by atoms with Crippen molar-refractivity contribution in [3.63, 3.8) is 0 Å². The van der Waals surface area contributed by atoms with Crippen molar-refractivity contribution in [2.24, 2.45) is 0 Å². The molecule has 0 aliphatic heterocycles. The van der Waals surface area contributed by atoms with Gasteiger partial charge in [0, 0.05) is 13.6 Å². The number of furan rings is 1. The molecular weight excluding hydrogens is 320 g/mol. The first kappa shape index (κ1) is 18.3. The molecule has 2 aromatic rings. The lowest BCUT2D eigenvalue weighted by molar-refractivity contribution is -0.129. The molecule has 132 valence electrons. The van der Waals surface area contributed by atoms with Crippen LogP contribution in [-0.4, -0.2) is 36.9 Å². The van der Waals surface area contributed by atoms with Gasteiger partial charge in [-0.25, -0.2) is 0 Å². The molecule has 1 N–H and O–H groups in total. The first-order valence-corrected chi connectivity index (χ1v) is 7.90. The van der Waals surface area contributed by atoms with Crippen LogP contribution in [0.3, 0.4) is 0 Å². The Bertz CT molecular complexity index is 734. The average Bonchev–Trinajstić information content (AvgIpc) is 3.04. The summed E-state index contributed by atoms with van der Waals surface area (Å²) in [5, 5.41) is 2.61. The van der Waals surface area contributed by atoms with E-state index in [9.17, 15) is 9.59 Å². The van der Waals surface area contributed by atoms with Crippen LogP contribution in [0, 0.1) is 6.92 Å². The maximum Gasteiger partial charge on any atom is 0.255 e. The summed E-state index contributed by atoms with van der Waals surface area (Å²) >= 11 is 0. The SMILES string of the molecule is C=CCOc1ccc(CN(C)C(=O)CNC(=O)c2ccoc2C)cc1. The Hall–Kier alpha value is -3.02. The van der Waals surface area contributed by atoms with Crippen molar-refractivity contribution in [2.75, 3.05) is 20.2 Å². The summed E-state index contributed by atoms with van der Waals surface area (Å²) in [5.41, 5.74) is 1.41. The van der Waals surface area contributed by atoms with Crippen LogP contribution in [0.5, 0.6) is 5.75 Å². The Morgan fingerprint density at radius 1 is 1.28 bits per heavy atom. The van der Waals surface area contributed by atoms with Crippen molar-refractivity contribution in [1.82, 2.24) is 10.2 Å². The van der Waals surface area contributed by atoms with Gasteiger partial charge in [0.05, 0.1) is 18.4 Å². The number of ether oxygens (including phenoxy) is 1. The maximum atomic E-state index is 12.2. The second kappa shape index (κ2) is 8.73. The minimum absolute atomic E-state index is 0.0690. The Balaban J connectivity index is 1.82. The molecule has 0 atom stereocenters. The zero-order chi connectivity index (χ0) is 18.2. The molecule has 6 nitrogen and oxygen atoms in total. The van der Waals surface area contributed by atoms with Crippen LogP contribution in [0.25, 0.3) is 0 Å². The summed E-state index contributed by atoms with van der Waals surface area (Å²) < 4.78 is 10.5. The minimum Gasteiger partial charge on any atom is -0.490 e. The average molecular weight is 342 g/mol. The highest BCUT2D eigenvalue weighted by Gasteiger charge is 2.14. The Morgan fingerprint density at radius 3 is 2.60 bits per heavy atom. The van der Waals surface area contributed by atoms with Gasteiger partial charge in [0.2, 0.25) is 5.91 Å². The zero-order valence-electron chi connectivity index (χ0n) is 14.5. The fourth-order valence-corrected chi connectivity index (χ4v) is 2.21. The van der Waals surface area contributed by atoms with E-state index in [0.29, 0.717) is 24.5 Å². The van der Waals surface area contributed by atoms with Gasteiger partial charge in [-0.05, 0) is 30.7 Å². The van der Waals surface area contributed by atoms with Gasteiger partial charge in [0.25, 0.3) is 5.91 Å². The number of amides is 2. The number of benzene rings is 1. The summed E-state index contributed by atoms with van der Waals surface area (Å²) in [6.45, 7) is 6.13. The molecule has 1 aromatic carbocycles. The number of hydrogen-bond donors (Lipinski definition) is 1. The molecule has 1 aromatic heterocycles. The van der Waals surface area contributed by atoms with Gasteiger partial charge in [-0.3, -0.25) is 9.59 Å². The fraction of sp³-hybridized carbons (Fsp3) is 0.263. The van der Waals surface area contributed by atoms with Crippen molar-refractivity contribution in [2.45, 2.75) is 13.5 Å². The first-order valence-electron chi connectivity index (χ1n) is 7.90. The lowest BCUT2D eigenvalue weighted by Gasteiger charge is -2.18. The summed E-state index contributed by atoms with van der Waals surface area (Å²) in [6, 6.07) is 9.07. The molecule has 2 rings (SSSR count). The van der Waals surface area contributed by atoms with E-state index in [2.05, 4.69) is 11.9 Å². The summed E-state index contributed by atoms with van der Waals surface area (Å²) in [4.78, 5) is 25.7. The highest BCUT2D eigenvalue weighted by Crippen LogP contribution is 2.13. The van der Waals surface area contributed by atoms with E-state index in [-0.39, 0.29) is 18.4 Å². The van der Waals surface area contributed by atoms with Crippen LogP contribution < -0.4 is 10.1 Å². The second-order valence-electron chi connectivity index (χ2n) is 5.57. The molecule has 25 heavy (non-hydrogen) atoms. The molecule has 0 fully saturated rings. The predicted molar refractivity (Wildman–Crippen MR) is 94.4 cm³/mol. The highest BCUT2D eigenvalue weighted by atomic mass is 16.5. The van der Waals surface area contributed by atoms with Crippen LogP contribution in [-0.2, 0) is 11.3 Å². The summed E-state index contributed by atoms with van der Waals surface area (Å²) in [5.74, 6) is 0.774. The Kier molecular flexibility index (Phi) is 6.39. The molecule has 0 aliphatic rings. The zero-order valence-corrected chi connectivity index (χ0v) is 14.5. The number of aryl methyl sites for hydroxylation is 1. The summed E-state index contributed by atoms with van der Waals surface area (Å²) in [7, 11) is 1.69. The first-order chi connectivity index (χ1) is 12.0. The van der Waals surface area contributed by atoms with E-state index in [1.165, 1.54) is 6.26 Å². The van der Waals surface area contributed by atoms with Crippen LogP contribution in [0.2, 0.25) is 0 Å². The Labute approximate surface area is 147 Å². The number of hydrogen-bond acceptors (Lipinski definition) is 4. The van der Waals surface area contributed by atoms with Crippen LogP contribution in [0.15, 0.2) is 53.7 Å². The molecule has 0 unspecified atom stereocenters. The number of carbonyl (C=O) groups is 2. The lowest BCUT2D eigenvalue weighted by atomic mass is 10.2. The van der Waals surface area contributed by atoms with E-state index in [4.69, 9.17) is 9.15 Å². The number of nitrogens with one attached hydrogen (secondary N) is 1. The van der Waals surface area contributed by atoms with Gasteiger partial charge in [0.15, 0.2) is 0 Å². The quantitative estimate of drug-likeness (QED) is 0.748. The van der Waals surface area contributed by atoms with Crippen LogP contribution in [0.4, 0.5) is 0 Å². The molecule has 0 saturated heterocycles. The second-order valence-corrected chi connectivity index (χ2v) is 5.57. The third-order valence-electron chi connectivity index (χ3n) is 3.64. The number of nitrogens with zero attached hydrogens (tertiary/aromatic N) is 1. The minimum atomic E-state index is -0.322. The van der Waals surface area contributed by atoms with Gasteiger partial charge in [-0.2, -0.15) is 0 Å². The van der Waals surface area contributed by atoms with E-state index in [0.717, 1.165) is 11.3 Å². The third-order valence-corrected chi connectivity index (χ3v) is 3.64. The lowest BCUT2D eigenvalue weighted by Crippen LogP contribution is -2.37. The van der Waals surface area contributed by atoms with Crippen LogP contribution >= 0.6 is 0 Å². The smallest absolute Gasteiger partial charge is 0.255 e. The van der Waals surface area contributed by atoms with Crippen LogP contribution in [0.1, 0.15) is 21.7 Å². The third kappa shape index (κ3) is 5.24. The van der Waals surface area contributed by atoms with Crippen molar-refractivity contribution >= 4 is 11.8 Å². The molecule has 0 aliphatic carbocycles. The maximum absolute atomic E-state index is 12.2.